The highest BCUT2D eigenvalue weighted by molar-refractivity contribution is 7.22. The number of nitro groups is 2. The van der Waals surface area contributed by atoms with Gasteiger partial charge in [-0.15, -0.1) is 0 Å². The molecule has 166 valence electrons. The van der Waals surface area contributed by atoms with E-state index in [4.69, 9.17) is 0 Å². The normalized spacial score (nSPS) is 10.8. The van der Waals surface area contributed by atoms with Crippen LogP contribution in [-0.2, 0) is 6.54 Å². The van der Waals surface area contributed by atoms with Gasteiger partial charge in [-0.05, 0) is 43.2 Å². The molecule has 33 heavy (non-hydrogen) atoms. The molecule has 4 rings (SSSR count). The molecular formula is C22H17N5O5S. The van der Waals surface area contributed by atoms with Gasteiger partial charge >= 0.3 is 0 Å². The molecule has 0 saturated heterocycles. The lowest BCUT2D eigenvalue weighted by atomic mass is 10.1. The van der Waals surface area contributed by atoms with E-state index in [9.17, 15) is 25.0 Å². The second-order valence-electron chi connectivity index (χ2n) is 7.39. The smallest absolute Gasteiger partial charge is 0.277 e. The lowest BCUT2D eigenvalue weighted by molar-refractivity contribution is -0.394. The quantitative estimate of drug-likeness (QED) is 0.291. The Morgan fingerprint density at radius 2 is 1.73 bits per heavy atom. The van der Waals surface area contributed by atoms with Crippen LogP contribution in [0.3, 0.4) is 0 Å². The molecule has 0 aliphatic heterocycles. The molecule has 10 nitrogen and oxygen atoms in total. The summed E-state index contributed by atoms with van der Waals surface area (Å²) >= 11 is 1.30. The Morgan fingerprint density at radius 3 is 2.33 bits per heavy atom. The first kappa shape index (κ1) is 22.0. The number of aromatic nitrogens is 2. The van der Waals surface area contributed by atoms with Gasteiger partial charge < -0.3 is 0 Å². The fraction of sp³-hybridized carbons (Fsp3) is 0.136. The largest absolute Gasteiger partial charge is 0.278 e. The number of nitrogens with zero attached hydrogens (tertiary/aromatic N) is 5. The van der Waals surface area contributed by atoms with Crippen LogP contribution in [0.25, 0.3) is 10.2 Å². The first-order valence-electron chi connectivity index (χ1n) is 9.76. The standard InChI is InChI=1S/C22H17N5O5S/c1-13-7-14(2)20-19(8-13)33-22(24-20)25(12-16-5-3-4-6-23-16)21(28)15-9-17(26(29)30)11-18(10-15)27(31)32/h3-11H,12H2,1-2H3. The van der Waals surface area contributed by atoms with E-state index in [-0.39, 0.29) is 12.1 Å². The Labute approximate surface area is 191 Å². The Hall–Kier alpha value is -4.25. The number of aryl methyl sites for hydroxylation is 2. The van der Waals surface area contributed by atoms with Crippen LogP contribution >= 0.6 is 11.3 Å². The number of carbonyl (C=O) groups is 1. The van der Waals surface area contributed by atoms with Crippen LogP contribution in [-0.4, -0.2) is 25.7 Å². The third-order valence-corrected chi connectivity index (χ3v) is 5.94. The highest BCUT2D eigenvalue weighted by Gasteiger charge is 2.27. The summed E-state index contributed by atoms with van der Waals surface area (Å²) in [5, 5.41) is 23.0. The lowest BCUT2D eigenvalue weighted by Gasteiger charge is -2.19. The van der Waals surface area contributed by atoms with E-state index >= 15 is 0 Å². The first-order valence-corrected chi connectivity index (χ1v) is 10.6. The zero-order valence-electron chi connectivity index (χ0n) is 17.6. The van der Waals surface area contributed by atoms with Crippen LogP contribution in [0.2, 0.25) is 0 Å². The Bertz CT molecular complexity index is 1370. The lowest BCUT2D eigenvalue weighted by Crippen LogP contribution is -2.30. The number of non-ortho nitro benzene ring substituents is 2. The van der Waals surface area contributed by atoms with Crippen molar-refractivity contribution < 1.29 is 14.6 Å². The van der Waals surface area contributed by atoms with Crippen molar-refractivity contribution in [2.45, 2.75) is 20.4 Å². The molecule has 0 spiro atoms. The van der Waals surface area contributed by atoms with Gasteiger partial charge in [0.15, 0.2) is 5.13 Å². The maximum atomic E-state index is 13.5. The number of rotatable bonds is 6. The molecule has 1 amide bonds. The molecule has 0 aliphatic rings. The summed E-state index contributed by atoms with van der Waals surface area (Å²) in [5.41, 5.74) is 2.04. The molecule has 0 bridgehead atoms. The molecule has 0 fully saturated rings. The maximum Gasteiger partial charge on any atom is 0.277 e. The third-order valence-electron chi connectivity index (χ3n) is 4.91. The average molecular weight is 463 g/mol. The van der Waals surface area contributed by atoms with E-state index in [2.05, 4.69) is 9.97 Å². The number of thiazole rings is 1. The molecule has 0 radical (unpaired) electrons. The molecule has 0 aliphatic carbocycles. The van der Waals surface area contributed by atoms with Gasteiger partial charge in [0.2, 0.25) is 0 Å². The van der Waals surface area contributed by atoms with Crippen LogP contribution in [0.1, 0.15) is 27.2 Å². The predicted octanol–water partition coefficient (Wildman–Crippen LogP) is 4.97. The number of pyridine rings is 1. The van der Waals surface area contributed by atoms with E-state index in [0.29, 0.717) is 10.8 Å². The number of anilines is 1. The van der Waals surface area contributed by atoms with Crippen molar-refractivity contribution in [3.05, 3.63) is 97.3 Å². The zero-order chi connectivity index (χ0) is 23.7. The summed E-state index contributed by atoms with van der Waals surface area (Å²) in [6, 6.07) is 12.1. The number of hydrogen-bond donors (Lipinski definition) is 0. The Morgan fingerprint density at radius 1 is 1.03 bits per heavy atom. The fourth-order valence-corrected chi connectivity index (χ4v) is 4.58. The summed E-state index contributed by atoms with van der Waals surface area (Å²) < 4.78 is 0.881. The Balaban J connectivity index is 1.85. The number of carbonyl (C=O) groups excluding carboxylic acids is 1. The zero-order valence-corrected chi connectivity index (χ0v) is 18.4. The molecule has 0 saturated carbocycles. The second kappa shape index (κ2) is 8.71. The van der Waals surface area contributed by atoms with E-state index in [1.807, 2.05) is 26.0 Å². The van der Waals surface area contributed by atoms with Gasteiger partial charge in [0.25, 0.3) is 17.3 Å². The molecule has 0 atom stereocenters. The fourth-order valence-electron chi connectivity index (χ4n) is 3.44. The van der Waals surface area contributed by atoms with Crippen LogP contribution in [0.4, 0.5) is 16.5 Å². The number of amides is 1. The van der Waals surface area contributed by atoms with Gasteiger partial charge in [-0.1, -0.05) is 23.5 Å². The van der Waals surface area contributed by atoms with Gasteiger partial charge in [-0.25, -0.2) is 4.98 Å². The van der Waals surface area contributed by atoms with E-state index in [1.165, 1.54) is 16.2 Å². The summed E-state index contributed by atoms with van der Waals surface area (Å²) in [6.07, 6.45) is 1.59. The van der Waals surface area contributed by atoms with Crippen LogP contribution in [0, 0.1) is 34.1 Å². The molecule has 11 heteroatoms. The molecule has 2 aromatic heterocycles. The maximum absolute atomic E-state index is 13.5. The summed E-state index contributed by atoms with van der Waals surface area (Å²) in [6.45, 7) is 3.92. The van der Waals surface area contributed by atoms with Crippen molar-refractivity contribution in [2.24, 2.45) is 0 Å². The summed E-state index contributed by atoms with van der Waals surface area (Å²) in [5.74, 6) is -0.652. The minimum absolute atomic E-state index is 0.0357. The first-order chi connectivity index (χ1) is 15.7. The predicted molar refractivity (Wildman–Crippen MR) is 124 cm³/mol. The van der Waals surface area contributed by atoms with Crippen LogP contribution in [0.5, 0.6) is 0 Å². The minimum atomic E-state index is -0.767. The van der Waals surface area contributed by atoms with Crippen molar-refractivity contribution >= 4 is 44.0 Å². The molecular weight excluding hydrogens is 446 g/mol. The SMILES string of the molecule is Cc1cc(C)c2nc(N(Cc3ccccn3)C(=O)c3cc([N+](=O)[O-])cc([N+](=O)[O-])c3)sc2c1. The van der Waals surface area contributed by atoms with Crippen molar-refractivity contribution in [2.75, 3.05) is 4.90 Å². The highest BCUT2D eigenvalue weighted by Crippen LogP contribution is 2.34. The highest BCUT2D eigenvalue weighted by atomic mass is 32.1. The van der Waals surface area contributed by atoms with Crippen molar-refractivity contribution in [3.63, 3.8) is 0 Å². The third kappa shape index (κ3) is 4.53. The van der Waals surface area contributed by atoms with Gasteiger partial charge in [0, 0.05) is 18.3 Å². The van der Waals surface area contributed by atoms with E-state index < -0.39 is 27.1 Å². The molecule has 2 heterocycles. The van der Waals surface area contributed by atoms with Crippen molar-refractivity contribution in [3.8, 4) is 0 Å². The van der Waals surface area contributed by atoms with Crippen molar-refractivity contribution in [1.29, 1.82) is 0 Å². The van der Waals surface area contributed by atoms with Crippen LogP contribution < -0.4 is 4.90 Å². The monoisotopic (exact) mass is 463 g/mol. The van der Waals surface area contributed by atoms with Gasteiger partial charge in [0.1, 0.15) is 0 Å². The minimum Gasteiger partial charge on any atom is -0.278 e. The number of fused-ring (bicyclic) bond motifs is 1. The number of hydrogen-bond acceptors (Lipinski definition) is 8. The summed E-state index contributed by atoms with van der Waals surface area (Å²) in [7, 11) is 0. The number of benzene rings is 2. The Kier molecular flexibility index (Phi) is 5.80. The summed E-state index contributed by atoms with van der Waals surface area (Å²) in [4.78, 5) is 44.9. The molecule has 2 aromatic carbocycles. The molecule has 4 aromatic rings. The van der Waals surface area contributed by atoms with E-state index in [0.717, 1.165) is 39.5 Å². The van der Waals surface area contributed by atoms with E-state index in [1.54, 1.807) is 24.4 Å². The average Bonchev–Trinajstić information content (AvgIpc) is 3.21. The topological polar surface area (TPSA) is 132 Å². The molecule has 0 unspecified atom stereocenters. The van der Waals surface area contributed by atoms with Gasteiger partial charge in [-0.3, -0.25) is 34.9 Å². The van der Waals surface area contributed by atoms with Gasteiger partial charge in [-0.2, -0.15) is 0 Å². The van der Waals surface area contributed by atoms with Crippen LogP contribution in [0.15, 0.2) is 54.7 Å². The molecule has 0 N–H and O–H groups in total. The second-order valence-corrected chi connectivity index (χ2v) is 8.40. The number of nitro benzene ring substituents is 2. The van der Waals surface area contributed by atoms with Gasteiger partial charge in [0.05, 0.1) is 43.9 Å². The van der Waals surface area contributed by atoms with Crippen molar-refractivity contribution in [1.82, 2.24) is 9.97 Å².